The first-order valence-corrected chi connectivity index (χ1v) is 6.49. The van der Waals surface area contributed by atoms with Crippen LogP contribution in [0.5, 0.6) is 0 Å². The van der Waals surface area contributed by atoms with Crippen molar-refractivity contribution in [3.05, 3.63) is 12.7 Å². The van der Waals surface area contributed by atoms with Crippen molar-refractivity contribution in [2.75, 3.05) is 52.5 Å². The second-order valence-corrected chi connectivity index (χ2v) is 4.74. The van der Waals surface area contributed by atoms with Crippen LogP contribution >= 0.6 is 0 Å². The molecule has 0 aliphatic carbocycles. The first-order valence-electron chi connectivity index (χ1n) is 6.49. The van der Waals surface area contributed by atoms with Crippen LogP contribution in [0.25, 0.3) is 0 Å². The smallest absolute Gasteiger partial charge is 0.307 e. The van der Waals surface area contributed by atoms with Gasteiger partial charge < -0.3 is 9.84 Å². The molecule has 18 heavy (non-hydrogen) atoms. The molecule has 5 heteroatoms. The molecule has 1 fully saturated rings. The molecule has 1 rings (SSSR count). The molecule has 0 aromatic heterocycles. The Kier molecular flexibility index (Phi) is 6.93. The minimum atomic E-state index is -0.740. The summed E-state index contributed by atoms with van der Waals surface area (Å²) in [5.74, 6) is -1.08. The highest BCUT2D eigenvalue weighted by molar-refractivity contribution is 5.69. The SMILES string of the molecule is C=CCN(CCN1CCOCC1)CC(C)C(=O)O. The molecule has 104 valence electrons. The van der Waals surface area contributed by atoms with E-state index in [1.165, 1.54) is 0 Å². The zero-order valence-corrected chi connectivity index (χ0v) is 11.2. The van der Waals surface area contributed by atoms with Crippen LogP contribution in [0.15, 0.2) is 12.7 Å². The fraction of sp³-hybridized carbons (Fsp3) is 0.769. The van der Waals surface area contributed by atoms with Crippen molar-refractivity contribution < 1.29 is 14.6 Å². The van der Waals surface area contributed by atoms with E-state index in [0.717, 1.165) is 45.9 Å². The average Bonchev–Trinajstić information content (AvgIpc) is 2.37. The normalized spacial score (nSPS) is 18.8. The maximum atomic E-state index is 10.9. The van der Waals surface area contributed by atoms with E-state index in [4.69, 9.17) is 9.84 Å². The van der Waals surface area contributed by atoms with Crippen molar-refractivity contribution in [2.24, 2.45) is 5.92 Å². The van der Waals surface area contributed by atoms with Gasteiger partial charge in [0.05, 0.1) is 19.1 Å². The predicted octanol–water partition coefficient (Wildman–Crippen LogP) is 0.527. The zero-order valence-electron chi connectivity index (χ0n) is 11.2. The number of carboxylic acid groups (broad SMARTS) is 1. The highest BCUT2D eigenvalue weighted by atomic mass is 16.5. The third-order valence-electron chi connectivity index (χ3n) is 3.18. The molecule has 1 aliphatic heterocycles. The van der Waals surface area contributed by atoms with Gasteiger partial charge in [0.1, 0.15) is 0 Å². The molecule has 0 aromatic carbocycles. The summed E-state index contributed by atoms with van der Waals surface area (Å²) in [6, 6.07) is 0. The molecule has 1 saturated heterocycles. The predicted molar refractivity (Wildman–Crippen MR) is 70.7 cm³/mol. The Morgan fingerprint density at radius 1 is 1.56 bits per heavy atom. The molecule has 0 aromatic rings. The number of carbonyl (C=O) groups is 1. The number of ether oxygens (including phenoxy) is 1. The largest absolute Gasteiger partial charge is 0.481 e. The Bertz CT molecular complexity index is 265. The molecule has 0 radical (unpaired) electrons. The lowest BCUT2D eigenvalue weighted by Gasteiger charge is -2.30. The molecular formula is C13H24N2O3. The van der Waals surface area contributed by atoms with Crippen molar-refractivity contribution in [3.8, 4) is 0 Å². The van der Waals surface area contributed by atoms with Gasteiger partial charge in [0.25, 0.3) is 0 Å². The van der Waals surface area contributed by atoms with Gasteiger partial charge in [0.2, 0.25) is 0 Å². The summed E-state index contributed by atoms with van der Waals surface area (Å²) in [6.07, 6.45) is 1.83. The van der Waals surface area contributed by atoms with Gasteiger partial charge in [0, 0.05) is 39.3 Å². The summed E-state index contributed by atoms with van der Waals surface area (Å²) in [4.78, 5) is 15.4. The molecule has 0 saturated carbocycles. The molecular weight excluding hydrogens is 232 g/mol. The van der Waals surface area contributed by atoms with Gasteiger partial charge in [-0.2, -0.15) is 0 Å². The number of hydrogen-bond acceptors (Lipinski definition) is 4. The number of nitrogens with zero attached hydrogens (tertiary/aromatic N) is 2. The summed E-state index contributed by atoms with van der Waals surface area (Å²) < 4.78 is 5.30. The molecule has 1 heterocycles. The second-order valence-electron chi connectivity index (χ2n) is 4.74. The maximum absolute atomic E-state index is 10.9. The zero-order chi connectivity index (χ0) is 13.4. The lowest BCUT2D eigenvalue weighted by Crippen LogP contribution is -2.42. The van der Waals surface area contributed by atoms with Gasteiger partial charge >= 0.3 is 5.97 Å². The van der Waals surface area contributed by atoms with Crippen molar-refractivity contribution in [3.63, 3.8) is 0 Å². The fourth-order valence-corrected chi connectivity index (χ4v) is 2.01. The average molecular weight is 256 g/mol. The van der Waals surface area contributed by atoms with E-state index >= 15 is 0 Å². The van der Waals surface area contributed by atoms with Crippen molar-refractivity contribution in [1.29, 1.82) is 0 Å². The van der Waals surface area contributed by atoms with Crippen molar-refractivity contribution in [2.45, 2.75) is 6.92 Å². The van der Waals surface area contributed by atoms with E-state index in [1.807, 2.05) is 6.08 Å². The third-order valence-corrected chi connectivity index (χ3v) is 3.18. The van der Waals surface area contributed by atoms with E-state index in [0.29, 0.717) is 6.54 Å². The van der Waals surface area contributed by atoms with Crippen LogP contribution in [0.4, 0.5) is 0 Å². The summed E-state index contributed by atoms with van der Waals surface area (Å²) in [6.45, 7) is 12.2. The molecule has 1 unspecified atom stereocenters. The first-order chi connectivity index (χ1) is 8.63. The lowest BCUT2D eigenvalue weighted by molar-refractivity contribution is -0.141. The molecule has 5 nitrogen and oxygen atoms in total. The standard InChI is InChI=1S/C13H24N2O3/c1-3-4-15(11-12(2)13(16)17)6-5-14-7-9-18-10-8-14/h3,12H,1,4-11H2,2H3,(H,16,17). The molecule has 1 N–H and O–H groups in total. The summed E-state index contributed by atoms with van der Waals surface area (Å²) in [7, 11) is 0. The van der Waals surface area contributed by atoms with E-state index in [2.05, 4.69) is 16.4 Å². The third kappa shape index (κ3) is 5.62. The van der Waals surface area contributed by atoms with Gasteiger partial charge in [-0.15, -0.1) is 6.58 Å². The maximum Gasteiger partial charge on any atom is 0.307 e. The van der Waals surface area contributed by atoms with Crippen molar-refractivity contribution >= 4 is 5.97 Å². The summed E-state index contributed by atoms with van der Waals surface area (Å²) in [5.41, 5.74) is 0. The minimum absolute atomic E-state index is 0.338. The summed E-state index contributed by atoms with van der Waals surface area (Å²) >= 11 is 0. The van der Waals surface area contributed by atoms with Gasteiger partial charge in [-0.1, -0.05) is 13.0 Å². The molecule has 1 atom stereocenters. The van der Waals surface area contributed by atoms with E-state index in [1.54, 1.807) is 6.92 Å². The Morgan fingerprint density at radius 3 is 2.78 bits per heavy atom. The van der Waals surface area contributed by atoms with Crippen LogP contribution in [0.1, 0.15) is 6.92 Å². The van der Waals surface area contributed by atoms with E-state index in [-0.39, 0.29) is 5.92 Å². The van der Waals surface area contributed by atoms with Gasteiger partial charge in [-0.25, -0.2) is 0 Å². The quantitative estimate of drug-likeness (QED) is 0.642. The van der Waals surface area contributed by atoms with E-state index in [9.17, 15) is 4.79 Å². The van der Waals surface area contributed by atoms with Gasteiger partial charge in [0.15, 0.2) is 0 Å². The molecule has 0 spiro atoms. The Labute approximate surface area is 109 Å². The minimum Gasteiger partial charge on any atom is -0.481 e. The van der Waals surface area contributed by atoms with Gasteiger partial charge in [-0.05, 0) is 0 Å². The van der Waals surface area contributed by atoms with Crippen LogP contribution < -0.4 is 0 Å². The number of hydrogen-bond donors (Lipinski definition) is 1. The van der Waals surface area contributed by atoms with Crippen molar-refractivity contribution in [1.82, 2.24) is 9.80 Å². The first kappa shape index (κ1) is 15.1. The second kappa shape index (κ2) is 8.24. The number of aliphatic carboxylic acids is 1. The molecule has 1 aliphatic rings. The van der Waals surface area contributed by atoms with Crippen LogP contribution in [-0.2, 0) is 9.53 Å². The van der Waals surface area contributed by atoms with Crippen LogP contribution in [-0.4, -0.2) is 73.4 Å². The van der Waals surface area contributed by atoms with Crippen LogP contribution in [0.3, 0.4) is 0 Å². The highest BCUT2D eigenvalue weighted by Crippen LogP contribution is 2.02. The summed E-state index contributed by atoms with van der Waals surface area (Å²) in [5, 5.41) is 8.94. The number of morpholine rings is 1. The monoisotopic (exact) mass is 256 g/mol. The van der Waals surface area contributed by atoms with E-state index < -0.39 is 5.97 Å². The lowest BCUT2D eigenvalue weighted by atomic mass is 10.1. The Morgan fingerprint density at radius 2 is 2.22 bits per heavy atom. The molecule has 0 bridgehead atoms. The van der Waals surface area contributed by atoms with Crippen LogP contribution in [0.2, 0.25) is 0 Å². The Hall–Kier alpha value is -0.910. The highest BCUT2D eigenvalue weighted by Gasteiger charge is 2.17. The van der Waals surface area contributed by atoms with Crippen LogP contribution in [0, 0.1) is 5.92 Å². The fourth-order valence-electron chi connectivity index (χ4n) is 2.01. The Balaban J connectivity index is 2.31. The molecule has 0 amide bonds. The number of carboxylic acids is 1. The topological polar surface area (TPSA) is 53.0 Å². The number of rotatable bonds is 8. The van der Waals surface area contributed by atoms with Gasteiger partial charge in [-0.3, -0.25) is 14.6 Å².